The highest BCUT2D eigenvalue weighted by molar-refractivity contribution is 5.73. The minimum absolute atomic E-state index is 0.592. The number of rotatable bonds is 8. The first-order valence-electron chi connectivity index (χ1n) is 9.17. The first kappa shape index (κ1) is 17.5. The predicted octanol–water partition coefficient (Wildman–Crippen LogP) is 2.61. The maximum absolute atomic E-state index is 6.22. The molecule has 1 aromatic carbocycles. The fourth-order valence-corrected chi connectivity index (χ4v) is 3.16. The van der Waals surface area contributed by atoms with Crippen LogP contribution in [0.15, 0.2) is 36.7 Å². The second-order valence-corrected chi connectivity index (χ2v) is 6.48. The molecule has 0 amide bonds. The lowest BCUT2D eigenvalue weighted by Gasteiger charge is -2.26. The Morgan fingerprint density at radius 1 is 0.920 bits per heavy atom. The van der Waals surface area contributed by atoms with E-state index in [-0.39, 0.29) is 0 Å². The maximum Gasteiger partial charge on any atom is 0.154 e. The van der Waals surface area contributed by atoms with Crippen LogP contribution < -0.4 is 16.4 Å². The molecule has 0 radical (unpaired) electrons. The van der Waals surface area contributed by atoms with Gasteiger partial charge in [-0.25, -0.2) is 9.97 Å². The highest BCUT2D eigenvalue weighted by Crippen LogP contribution is 2.22. The summed E-state index contributed by atoms with van der Waals surface area (Å²) in [7, 11) is 0. The number of benzene rings is 1. The van der Waals surface area contributed by atoms with Crippen molar-refractivity contribution in [2.45, 2.75) is 25.7 Å². The van der Waals surface area contributed by atoms with Crippen LogP contribution in [0.5, 0.6) is 0 Å². The summed E-state index contributed by atoms with van der Waals surface area (Å²) in [6, 6.07) is 10.4. The normalized spacial score (nSPS) is 15.0. The topological polar surface area (TPSA) is 79.1 Å². The van der Waals surface area contributed by atoms with E-state index < -0.39 is 0 Å². The molecule has 0 unspecified atom stereocenters. The SMILES string of the molecule is Nc1c(NCCc2ccccc2)ncnc1NCCN1CCCCC1. The van der Waals surface area contributed by atoms with Crippen LogP contribution >= 0.6 is 0 Å². The summed E-state index contributed by atoms with van der Waals surface area (Å²) in [5.41, 5.74) is 8.10. The lowest BCUT2D eigenvalue weighted by atomic mass is 10.1. The molecule has 0 spiro atoms. The van der Waals surface area contributed by atoms with Gasteiger partial charge in [0.15, 0.2) is 11.6 Å². The molecular formula is C19H28N6. The van der Waals surface area contributed by atoms with Crippen LogP contribution in [0.4, 0.5) is 17.3 Å². The van der Waals surface area contributed by atoms with Gasteiger partial charge in [0, 0.05) is 19.6 Å². The first-order chi connectivity index (χ1) is 12.3. The van der Waals surface area contributed by atoms with E-state index in [0.717, 1.165) is 26.1 Å². The van der Waals surface area contributed by atoms with Crippen LogP contribution in [-0.4, -0.2) is 47.6 Å². The van der Waals surface area contributed by atoms with Crippen molar-refractivity contribution in [2.75, 3.05) is 49.1 Å². The van der Waals surface area contributed by atoms with Gasteiger partial charge in [0.25, 0.3) is 0 Å². The number of hydrogen-bond acceptors (Lipinski definition) is 6. The molecule has 6 heteroatoms. The number of nitrogens with one attached hydrogen (secondary N) is 2. The molecular weight excluding hydrogens is 312 g/mol. The highest BCUT2D eigenvalue weighted by Gasteiger charge is 2.11. The van der Waals surface area contributed by atoms with Crippen molar-refractivity contribution in [3.63, 3.8) is 0 Å². The molecule has 134 valence electrons. The van der Waals surface area contributed by atoms with Gasteiger partial charge in [-0.15, -0.1) is 0 Å². The van der Waals surface area contributed by atoms with E-state index in [2.05, 4.69) is 49.8 Å². The second kappa shape index (κ2) is 9.22. The molecule has 0 aliphatic carbocycles. The Morgan fingerprint density at radius 3 is 2.32 bits per heavy atom. The summed E-state index contributed by atoms with van der Waals surface area (Å²) >= 11 is 0. The van der Waals surface area contributed by atoms with Gasteiger partial charge < -0.3 is 21.3 Å². The average Bonchev–Trinajstić information content (AvgIpc) is 2.66. The molecule has 0 atom stereocenters. The van der Waals surface area contributed by atoms with Crippen LogP contribution in [0, 0.1) is 0 Å². The molecule has 1 saturated heterocycles. The third-order valence-electron chi connectivity index (χ3n) is 4.60. The van der Waals surface area contributed by atoms with Crippen molar-refractivity contribution < 1.29 is 0 Å². The molecule has 1 aromatic heterocycles. The molecule has 6 nitrogen and oxygen atoms in total. The molecule has 0 saturated carbocycles. The van der Waals surface area contributed by atoms with Gasteiger partial charge >= 0.3 is 0 Å². The van der Waals surface area contributed by atoms with Crippen molar-refractivity contribution in [3.05, 3.63) is 42.2 Å². The smallest absolute Gasteiger partial charge is 0.154 e. The zero-order valence-electron chi connectivity index (χ0n) is 14.7. The zero-order chi connectivity index (χ0) is 17.3. The number of nitrogens with zero attached hydrogens (tertiary/aromatic N) is 3. The molecule has 3 rings (SSSR count). The van der Waals surface area contributed by atoms with Crippen LogP contribution in [0.2, 0.25) is 0 Å². The highest BCUT2D eigenvalue weighted by atomic mass is 15.2. The lowest BCUT2D eigenvalue weighted by Crippen LogP contribution is -2.33. The molecule has 1 aliphatic rings. The summed E-state index contributed by atoms with van der Waals surface area (Å²) < 4.78 is 0. The molecule has 2 aromatic rings. The van der Waals surface area contributed by atoms with Gasteiger partial charge in [-0.05, 0) is 37.9 Å². The molecule has 4 N–H and O–H groups in total. The molecule has 25 heavy (non-hydrogen) atoms. The van der Waals surface area contributed by atoms with E-state index in [9.17, 15) is 0 Å². The number of nitrogens with two attached hydrogens (primary N) is 1. The molecule has 1 fully saturated rings. The Morgan fingerprint density at radius 2 is 1.60 bits per heavy atom. The standard InChI is InChI=1S/C19H28N6/c20-17-18(21-10-9-16-7-3-1-4-8-16)23-15-24-19(17)22-11-14-25-12-5-2-6-13-25/h1,3-4,7-8,15H,2,5-6,9-14,20H2,(H2,21,22,23,24). The van der Waals surface area contributed by atoms with Crippen LogP contribution in [0.3, 0.4) is 0 Å². The Balaban J connectivity index is 1.47. The Hall–Kier alpha value is -2.34. The minimum Gasteiger partial charge on any atom is -0.393 e. The third-order valence-corrected chi connectivity index (χ3v) is 4.60. The van der Waals surface area contributed by atoms with Gasteiger partial charge in [0.05, 0.1) is 0 Å². The molecule has 0 bridgehead atoms. The van der Waals surface area contributed by atoms with E-state index >= 15 is 0 Å². The van der Waals surface area contributed by atoms with Gasteiger partial charge in [-0.1, -0.05) is 36.8 Å². The molecule has 1 aliphatic heterocycles. The summed E-state index contributed by atoms with van der Waals surface area (Å²) in [4.78, 5) is 11.0. The number of aromatic nitrogens is 2. The Bertz CT molecular complexity index is 640. The van der Waals surface area contributed by atoms with Crippen molar-refractivity contribution >= 4 is 17.3 Å². The van der Waals surface area contributed by atoms with E-state index in [1.807, 2.05) is 6.07 Å². The van der Waals surface area contributed by atoms with Crippen LogP contribution in [0.25, 0.3) is 0 Å². The van der Waals surface area contributed by atoms with E-state index in [4.69, 9.17) is 5.73 Å². The largest absolute Gasteiger partial charge is 0.393 e. The zero-order valence-corrected chi connectivity index (χ0v) is 14.7. The summed E-state index contributed by atoms with van der Waals surface area (Å²) in [5, 5.41) is 6.67. The van der Waals surface area contributed by atoms with Crippen molar-refractivity contribution in [1.29, 1.82) is 0 Å². The van der Waals surface area contributed by atoms with Crippen molar-refractivity contribution in [3.8, 4) is 0 Å². The van der Waals surface area contributed by atoms with E-state index in [1.165, 1.54) is 37.9 Å². The summed E-state index contributed by atoms with van der Waals surface area (Å²) in [6.45, 7) is 5.07. The number of likely N-dealkylation sites (tertiary alicyclic amines) is 1. The van der Waals surface area contributed by atoms with E-state index in [0.29, 0.717) is 17.3 Å². The van der Waals surface area contributed by atoms with Crippen LogP contribution in [-0.2, 0) is 6.42 Å². The number of anilines is 3. The van der Waals surface area contributed by atoms with Crippen molar-refractivity contribution in [2.24, 2.45) is 0 Å². The number of nitrogen functional groups attached to an aromatic ring is 1. The monoisotopic (exact) mass is 340 g/mol. The minimum atomic E-state index is 0.592. The van der Waals surface area contributed by atoms with Gasteiger partial charge in [0.2, 0.25) is 0 Å². The van der Waals surface area contributed by atoms with Gasteiger partial charge in [-0.3, -0.25) is 0 Å². The maximum atomic E-state index is 6.22. The fraction of sp³-hybridized carbons (Fsp3) is 0.474. The Labute approximate surface area is 149 Å². The third kappa shape index (κ3) is 5.32. The van der Waals surface area contributed by atoms with Gasteiger partial charge in [-0.2, -0.15) is 0 Å². The summed E-state index contributed by atoms with van der Waals surface area (Å²) in [5.74, 6) is 1.42. The summed E-state index contributed by atoms with van der Waals surface area (Å²) in [6.07, 6.45) is 6.48. The Kier molecular flexibility index (Phi) is 6.45. The van der Waals surface area contributed by atoms with Gasteiger partial charge in [0.1, 0.15) is 12.0 Å². The first-order valence-corrected chi connectivity index (χ1v) is 9.17. The lowest BCUT2D eigenvalue weighted by molar-refractivity contribution is 0.237. The van der Waals surface area contributed by atoms with Crippen molar-refractivity contribution in [1.82, 2.24) is 14.9 Å². The number of piperidine rings is 1. The average molecular weight is 340 g/mol. The van der Waals surface area contributed by atoms with E-state index in [1.54, 1.807) is 6.33 Å². The van der Waals surface area contributed by atoms with Crippen LogP contribution in [0.1, 0.15) is 24.8 Å². The molecule has 2 heterocycles. The fourth-order valence-electron chi connectivity index (χ4n) is 3.16. The predicted molar refractivity (Wildman–Crippen MR) is 104 cm³/mol. The second-order valence-electron chi connectivity index (χ2n) is 6.48. The quantitative estimate of drug-likeness (QED) is 0.685. The number of hydrogen-bond donors (Lipinski definition) is 3.